The molecule has 5 aromatic rings. The minimum absolute atomic E-state index is 0.666. The van der Waals surface area contributed by atoms with Crippen LogP contribution >= 0.6 is 0 Å². The van der Waals surface area contributed by atoms with Crippen molar-refractivity contribution in [3.63, 3.8) is 0 Å². The van der Waals surface area contributed by atoms with Crippen molar-refractivity contribution in [1.29, 1.82) is 0 Å². The number of carbonyl (C=O) groups excluding carboxylic acids is 1. The lowest BCUT2D eigenvalue weighted by atomic mass is 9.83. The predicted octanol–water partition coefficient (Wildman–Crippen LogP) is 7.05. The molecule has 0 atom stereocenters. The zero-order valence-corrected chi connectivity index (χ0v) is 19.9. The van der Waals surface area contributed by atoms with Gasteiger partial charge in [-0.15, -0.1) is 0 Å². The van der Waals surface area contributed by atoms with Gasteiger partial charge in [0.25, 0.3) is 0 Å². The normalized spacial score (nSPS) is 13.3. The summed E-state index contributed by atoms with van der Waals surface area (Å²) in [5.74, 6) is 0.944. The molecule has 1 aliphatic heterocycles. The van der Waals surface area contributed by atoms with Gasteiger partial charge in [-0.3, -0.25) is 4.79 Å². The van der Waals surface area contributed by atoms with Gasteiger partial charge < -0.3 is 9.64 Å². The number of nitrogens with zero attached hydrogens (tertiary/aromatic N) is 1. The van der Waals surface area contributed by atoms with E-state index in [1.165, 1.54) is 26.4 Å². The molecule has 0 aliphatic carbocycles. The minimum atomic E-state index is -0.666. The van der Waals surface area contributed by atoms with Crippen LogP contribution in [0.15, 0.2) is 115 Å². The molecule has 0 saturated carbocycles. The van der Waals surface area contributed by atoms with Crippen LogP contribution in [0.25, 0.3) is 27.6 Å². The molecule has 0 saturated heterocycles. The van der Waals surface area contributed by atoms with Gasteiger partial charge in [-0.1, -0.05) is 115 Å². The molecular weight excluding hydrogens is 430 g/mol. The van der Waals surface area contributed by atoms with E-state index < -0.39 is 5.60 Å². The summed E-state index contributed by atoms with van der Waals surface area (Å²) in [6.45, 7) is 0. The quantitative estimate of drug-likeness (QED) is 0.215. The lowest BCUT2D eigenvalue weighted by molar-refractivity contribution is -0.115. The minimum Gasteiger partial charge on any atom is -0.472 e. The summed E-state index contributed by atoms with van der Waals surface area (Å²) in [5, 5.41) is 4.81. The number of rotatable bonds is 3. The molecule has 35 heavy (non-hydrogen) atoms. The molecule has 6 rings (SSSR count). The molecule has 0 aromatic heterocycles. The van der Waals surface area contributed by atoms with Gasteiger partial charge in [0.1, 0.15) is 5.75 Å². The van der Waals surface area contributed by atoms with Crippen LogP contribution < -0.4 is 4.74 Å². The second kappa shape index (κ2) is 9.47. The molecule has 0 N–H and O–H groups in total. The first-order valence-corrected chi connectivity index (χ1v) is 11.7. The van der Waals surface area contributed by atoms with Crippen LogP contribution in [0.4, 0.5) is 0 Å². The Morgan fingerprint density at radius 2 is 1.23 bits per heavy atom. The van der Waals surface area contributed by atoms with E-state index in [0.29, 0.717) is 0 Å². The van der Waals surface area contributed by atoms with E-state index in [0.717, 1.165) is 28.8 Å². The van der Waals surface area contributed by atoms with E-state index in [1.54, 1.807) is 14.1 Å². The third-order valence-corrected chi connectivity index (χ3v) is 6.27. The van der Waals surface area contributed by atoms with Crippen LogP contribution in [0.5, 0.6) is 5.75 Å². The average molecular weight is 458 g/mol. The van der Waals surface area contributed by atoms with E-state index in [4.69, 9.17) is 4.74 Å². The standard InChI is InChI=1S/C29H20O.C3H7NO/c1-3-10-24(11-4-1)29(25-12-5-2-6-13-25)20-19-23-18-17-22-16-15-21-9-7-8-14-26(21)27(22)28(23)30-29;1-4(2)3-5/h1-20H;3H,1-2H3. The Kier molecular flexibility index (Phi) is 6.07. The highest BCUT2D eigenvalue weighted by atomic mass is 16.5. The number of carbonyl (C=O) groups is 1. The fraction of sp³-hybridized carbons (Fsp3) is 0.0938. The van der Waals surface area contributed by atoms with Crippen LogP contribution in [0.3, 0.4) is 0 Å². The van der Waals surface area contributed by atoms with Gasteiger partial charge in [-0.05, 0) is 22.2 Å². The summed E-state index contributed by atoms with van der Waals surface area (Å²) in [6, 6.07) is 38.2. The lowest BCUT2D eigenvalue weighted by Gasteiger charge is -2.36. The van der Waals surface area contributed by atoms with Crippen molar-refractivity contribution >= 4 is 34.0 Å². The first-order valence-electron chi connectivity index (χ1n) is 11.7. The zero-order valence-electron chi connectivity index (χ0n) is 19.9. The molecule has 1 heterocycles. The van der Waals surface area contributed by atoms with Crippen molar-refractivity contribution < 1.29 is 9.53 Å². The number of fused-ring (bicyclic) bond motifs is 5. The Morgan fingerprint density at radius 3 is 1.86 bits per heavy atom. The van der Waals surface area contributed by atoms with Crippen molar-refractivity contribution in [2.24, 2.45) is 0 Å². The topological polar surface area (TPSA) is 29.5 Å². The smallest absolute Gasteiger partial charge is 0.209 e. The molecule has 3 nitrogen and oxygen atoms in total. The van der Waals surface area contributed by atoms with Crippen molar-refractivity contribution in [2.75, 3.05) is 14.1 Å². The van der Waals surface area contributed by atoms with Gasteiger partial charge in [0.15, 0.2) is 5.60 Å². The molecule has 1 aliphatic rings. The number of benzene rings is 5. The molecule has 1 amide bonds. The van der Waals surface area contributed by atoms with E-state index in [2.05, 4.69) is 109 Å². The molecule has 172 valence electrons. The maximum absolute atomic E-state index is 9.43. The van der Waals surface area contributed by atoms with Gasteiger partial charge in [0, 0.05) is 36.2 Å². The summed E-state index contributed by atoms with van der Waals surface area (Å²) >= 11 is 0. The molecule has 3 heteroatoms. The Morgan fingerprint density at radius 1 is 0.686 bits per heavy atom. The van der Waals surface area contributed by atoms with Crippen molar-refractivity contribution in [3.8, 4) is 5.75 Å². The molecule has 0 radical (unpaired) electrons. The third kappa shape index (κ3) is 4.17. The van der Waals surface area contributed by atoms with Gasteiger partial charge in [-0.2, -0.15) is 0 Å². The zero-order chi connectivity index (χ0) is 24.3. The summed E-state index contributed by atoms with van der Waals surface area (Å²) in [6.07, 6.45) is 5.15. The van der Waals surface area contributed by atoms with Crippen LogP contribution in [-0.2, 0) is 10.4 Å². The van der Waals surface area contributed by atoms with E-state index in [9.17, 15) is 4.79 Å². The largest absolute Gasteiger partial charge is 0.472 e. The van der Waals surface area contributed by atoms with Gasteiger partial charge in [-0.25, -0.2) is 0 Å². The molecule has 0 spiro atoms. The Hall–Kier alpha value is -4.37. The summed E-state index contributed by atoms with van der Waals surface area (Å²) in [5.41, 5.74) is 2.69. The maximum atomic E-state index is 9.43. The average Bonchev–Trinajstić information content (AvgIpc) is 2.93. The number of hydrogen-bond donors (Lipinski definition) is 0. The van der Waals surface area contributed by atoms with Crippen molar-refractivity contribution in [3.05, 3.63) is 132 Å². The number of hydrogen-bond acceptors (Lipinski definition) is 2. The third-order valence-electron chi connectivity index (χ3n) is 6.27. The van der Waals surface area contributed by atoms with Crippen molar-refractivity contribution in [2.45, 2.75) is 5.60 Å². The van der Waals surface area contributed by atoms with Crippen LogP contribution in [0, 0.1) is 0 Å². The first kappa shape index (κ1) is 22.4. The molecule has 0 fully saturated rings. The summed E-state index contributed by atoms with van der Waals surface area (Å²) in [4.78, 5) is 10.9. The fourth-order valence-corrected chi connectivity index (χ4v) is 4.57. The highest BCUT2D eigenvalue weighted by Gasteiger charge is 2.37. The van der Waals surface area contributed by atoms with E-state index in [1.807, 2.05) is 12.1 Å². The van der Waals surface area contributed by atoms with Gasteiger partial charge in [0.05, 0.1) is 0 Å². The summed E-state index contributed by atoms with van der Waals surface area (Å²) < 4.78 is 7.03. The molecule has 5 aromatic carbocycles. The molecule has 0 unspecified atom stereocenters. The van der Waals surface area contributed by atoms with Gasteiger partial charge in [0.2, 0.25) is 6.41 Å². The van der Waals surface area contributed by atoms with E-state index >= 15 is 0 Å². The van der Waals surface area contributed by atoms with Gasteiger partial charge >= 0.3 is 0 Å². The molecular formula is C32H27NO2. The van der Waals surface area contributed by atoms with Crippen LogP contribution in [0.1, 0.15) is 16.7 Å². The highest BCUT2D eigenvalue weighted by Crippen LogP contribution is 2.46. The monoisotopic (exact) mass is 457 g/mol. The number of ether oxygens (including phenoxy) is 1. The predicted molar refractivity (Wildman–Crippen MR) is 145 cm³/mol. The molecule has 0 bridgehead atoms. The lowest BCUT2D eigenvalue weighted by Crippen LogP contribution is -2.34. The second-order valence-electron chi connectivity index (χ2n) is 8.84. The SMILES string of the molecule is C1=CC(c2ccccc2)(c2ccccc2)Oc2c1ccc1ccc3ccccc3c21.CN(C)C=O. The first-order chi connectivity index (χ1) is 17.1. The maximum Gasteiger partial charge on any atom is 0.209 e. The van der Waals surface area contributed by atoms with Crippen LogP contribution in [0.2, 0.25) is 0 Å². The Bertz CT molecular complexity index is 1470. The van der Waals surface area contributed by atoms with Crippen molar-refractivity contribution in [1.82, 2.24) is 4.90 Å². The summed E-state index contributed by atoms with van der Waals surface area (Å²) in [7, 11) is 3.38. The second-order valence-corrected chi connectivity index (χ2v) is 8.84. The number of amides is 1. The van der Waals surface area contributed by atoms with Crippen LogP contribution in [-0.4, -0.2) is 25.4 Å². The Labute approximate surface area is 205 Å². The highest BCUT2D eigenvalue weighted by molar-refractivity contribution is 6.12. The fourth-order valence-electron chi connectivity index (χ4n) is 4.57. The van der Waals surface area contributed by atoms with E-state index in [-0.39, 0.29) is 0 Å². The Balaban J connectivity index is 0.000000464.